The molecule has 106 valence electrons. The summed E-state index contributed by atoms with van der Waals surface area (Å²) in [6.07, 6.45) is 0. The summed E-state index contributed by atoms with van der Waals surface area (Å²) in [5.74, 6) is 0. The highest BCUT2D eigenvalue weighted by Crippen LogP contribution is 2.39. The van der Waals surface area contributed by atoms with Gasteiger partial charge in [-0.2, -0.15) is 0 Å². The second kappa shape index (κ2) is 5.82. The monoisotopic (exact) mass is 296 g/mol. The lowest BCUT2D eigenvalue weighted by atomic mass is 9.85. The molecule has 3 rings (SSSR count). The molecule has 0 unspecified atom stereocenters. The van der Waals surface area contributed by atoms with Gasteiger partial charge in [0.05, 0.1) is 6.61 Å². The molecule has 1 heterocycles. The molecule has 0 aliphatic carbocycles. The molecule has 3 aromatic rings. The van der Waals surface area contributed by atoms with Gasteiger partial charge in [0.25, 0.3) is 0 Å². The molecule has 0 aliphatic rings. The summed E-state index contributed by atoms with van der Waals surface area (Å²) in [6.45, 7) is -0.0177. The number of aliphatic hydroxyl groups is 2. The molecule has 2 N–H and O–H groups in total. The van der Waals surface area contributed by atoms with E-state index in [1.165, 1.54) is 11.3 Å². The van der Waals surface area contributed by atoms with E-state index in [9.17, 15) is 10.2 Å². The average Bonchev–Trinajstić information content (AvgIpc) is 3.05. The minimum Gasteiger partial charge on any atom is -0.392 e. The highest BCUT2D eigenvalue weighted by atomic mass is 32.1. The molecule has 2 nitrogen and oxygen atoms in total. The molecular weight excluding hydrogens is 280 g/mol. The van der Waals surface area contributed by atoms with E-state index in [1.807, 2.05) is 72.1 Å². The van der Waals surface area contributed by atoms with Crippen molar-refractivity contribution < 1.29 is 10.2 Å². The number of thiophene rings is 1. The van der Waals surface area contributed by atoms with Crippen molar-refractivity contribution in [2.45, 2.75) is 12.2 Å². The van der Waals surface area contributed by atoms with Gasteiger partial charge in [0.2, 0.25) is 0 Å². The number of aliphatic hydroxyl groups excluding tert-OH is 1. The first-order valence-electron chi connectivity index (χ1n) is 6.77. The number of hydrogen-bond acceptors (Lipinski definition) is 3. The summed E-state index contributed by atoms with van der Waals surface area (Å²) in [6, 6.07) is 21.1. The van der Waals surface area contributed by atoms with E-state index >= 15 is 0 Å². The van der Waals surface area contributed by atoms with Crippen molar-refractivity contribution in [1.29, 1.82) is 0 Å². The Morgan fingerprint density at radius 1 is 0.857 bits per heavy atom. The van der Waals surface area contributed by atoms with Gasteiger partial charge in [-0.1, -0.05) is 60.7 Å². The molecule has 0 saturated heterocycles. The fraction of sp³-hybridized carbons (Fsp3) is 0.111. The normalized spacial score (nSPS) is 11.5. The van der Waals surface area contributed by atoms with Gasteiger partial charge in [0.1, 0.15) is 5.60 Å². The van der Waals surface area contributed by atoms with Crippen molar-refractivity contribution in [3.05, 3.63) is 93.7 Å². The van der Waals surface area contributed by atoms with Gasteiger partial charge in [0, 0.05) is 4.88 Å². The van der Waals surface area contributed by atoms with Gasteiger partial charge in [0.15, 0.2) is 0 Å². The van der Waals surface area contributed by atoms with Gasteiger partial charge in [-0.25, -0.2) is 0 Å². The van der Waals surface area contributed by atoms with Crippen LogP contribution in [0, 0.1) is 0 Å². The first kappa shape index (κ1) is 14.0. The van der Waals surface area contributed by atoms with Crippen LogP contribution in [-0.2, 0) is 12.2 Å². The second-order valence-corrected chi connectivity index (χ2v) is 5.83. The van der Waals surface area contributed by atoms with Crippen LogP contribution >= 0.6 is 11.3 Å². The van der Waals surface area contributed by atoms with Gasteiger partial charge in [-0.3, -0.25) is 0 Å². The van der Waals surface area contributed by atoms with Crippen LogP contribution in [-0.4, -0.2) is 10.2 Å². The minimum absolute atomic E-state index is 0.0177. The molecule has 0 radical (unpaired) electrons. The largest absolute Gasteiger partial charge is 0.392 e. The summed E-state index contributed by atoms with van der Waals surface area (Å²) >= 11 is 1.46. The van der Waals surface area contributed by atoms with Crippen LogP contribution in [0.2, 0.25) is 0 Å². The van der Waals surface area contributed by atoms with Gasteiger partial charge in [-0.05, 0) is 28.1 Å². The Morgan fingerprint density at radius 2 is 1.38 bits per heavy atom. The molecule has 0 amide bonds. The molecule has 3 heteroatoms. The molecule has 21 heavy (non-hydrogen) atoms. The highest BCUT2D eigenvalue weighted by Gasteiger charge is 2.34. The molecule has 0 fully saturated rings. The van der Waals surface area contributed by atoms with Gasteiger partial charge >= 0.3 is 0 Å². The lowest BCUT2D eigenvalue weighted by Crippen LogP contribution is -2.27. The summed E-state index contributed by atoms with van der Waals surface area (Å²) in [5, 5.41) is 22.6. The fourth-order valence-corrected chi connectivity index (χ4v) is 3.50. The smallest absolute Gasteiger partial charge is 0.149 e. The minimum atomic E-state index is -1.19. The topological polar surface area (TPSA) is 40.5 Å². The predicted molar refractivity (Wildman–Crippen MR) is 85.2 cm³/mol. The third-order valence-electron chi connectivity index (χ3n) is 3.58. The van der Waals surface area contributed by atoms with E-state index < -0.39 is 5.60 Å². The molecule has 0 saturated carbocycles. The van der Waals surface area contributed by atoms with Crippen molar-refractivity contribution in [1.82, 2.24) is 0 Å². The van der Waals surface area contributed by atoms with Crippen LogP contribution in [0.25, 0.3) is 0 Å². The lowest BCUT2D eigenvalue weighted by molar-refractivity contribution is 0.129. The van der Waals surface area contributed by atoms with E-state index in [2.05, 4.69) is 0 Å². The van der Waals surface area contributed by atoms with E-state index in [1.54, 1.807) is 0 Å². The van der Waals surface area contributed by atoms with E-state index in [0.29, 0.717) is 0 Å². The maximum atomic E-state index is 11.5. The zero-order valence-electron chi connectivity index (χ0n) is 11.4. The Labute approximate surface area is 128 Å². The van der Waals surface area contributed by atoms with Crippen LogP contribution in [0.5, 0.6) is 0 Å². The van der Waals surface area contributed by atoms with Gasteiger partial charge in [-0.15, -0.1) is 11.3 Å². The second-order valence-electron chi connectivity index (χ2n) is 4.92. The Balaban J connectivity index is 2.20. The van der Waals surface area contributed by atoms with E-state index in [0.717, 1.165) is 21.6 Å². The zero-order chi connectivity index (χ0) is 14.7. The Bertz CT molecular complexity index is 665. The van der Waals surface area contributed by atoms with E-state index in [-0.39, 0.29) is 6.61 Å². The van der Waals surface area contributed by atoms with Crippen LogP contribution in [0.3, 0.4) is 0 Å². The molecular formula is C18H16O2S. The van der Waals surface area contributed by atoms with Crippen LogP contribution in [0.4, 0.5) is 0 Å². The first-order chi connectivity index (χ1) is 10.2. The number of hydrogen-bond donors (Lipinski definition) is 2. The number of benzene rings is 2. The SMILES string of the molecule is OCc1csc(C(O)(c2ccccc2)c2ccccc2)c1. The standard InChI is InChI=1S/C18H16O2S/c19-12-14-11-17(21-13-14)18(20,15-7-3-1-4-8-15)16-9-5-2-6-10-16/h1-11,13,19-20H,12H2. The summed E-state index contributed by atoms with van der Waals surface area (Å²) in [7, 11) is 0. The molecule has 0 spiro atoms. The maximum absolute atomic E-state index is 11.5. The molecule has 2 aromatic carbocycles. The van der Waals surface area contributed by atoms with Crippen LogP contribution in [0.1, 0.15) is 21.6 Å². The average molecular weight is 296 g/mol. The van der Waals surface area contributed by atoms with Crippen molar-refractivity contribution >= 4 is 11.3 Å². The lowest BCUT2D eigenvalue weighted by Gasteiger charge is -2.28. The van der Waals surface area contributed by atoms with E-state index in [4.69, 9.17) is 0 Å². The summed E-state index contributed by atoms with van der Waals surface area (Å²) in [4.78, 5) is 0.809. The summed E-state index contributed by atoms with van der Waals surface area (Å²) < 4.78 is 0. The van der Waals surface area contributed by atoms with Crippen molar-refractivity contribution in [3.8, 4) is 0 Å². The molecule has 1 aromatic heterocycles. The van der Waals surface area contributed by atoms with Crippen LogP contribution < -0.4 is 0 Å². The highest BCUT2D eigenvalue weighted by molar-refractivity contribution is 7.10. The van der Waals surface area contributed by atoms with Crippen molar-refractivity contribution in [2.75, 3.05) is 0 Å². The third-order valence-corrected chi connectivity index (χ3v) is 4.66. The molecule has 0 bridgehead atoms. The first-order valence-corrected chi connectivity index (χ1v) is 7.65. The fourth-order valence-electron chi connectivity index (χ4n) is 2.46. The van der Waals surface area contributed by atoms with Crippen molar-refractivity contribution in [3.63, 3.8) is 0 Å². The quantitative estimate of drug-likeness (QED) is 0.773. The predicted octanol–water partition coefficient (Wildman–Crippen LogP) is 3.52. The van der Waals surface area contributed by atoms with Crippen LogP contribution in [0.15, 0.2) is 72.1 Å². The zero-order valence-corrected chi connectivity index (χ0v) is 12.3. The summed E-state index contributed by atoms with van der Waals surface area (Å²) in [5.41, 5.74) is 1.27. The van der Waals surface area contributed by atoms with Gasteiger partial charge < -0.3 is 10.2 Å². The van der Waals surface area contributed by atoms with Crippen molar-refractivity contribution in [2.24, 2.45) is 0 Å². The Hall–Kier alpha value is -1.94. The number of rotatable bonds is 4. The third kappa shape index (κ3) is 2.51. The molecule has 0 aliphatic heterocycles. The Kier molecular flexibility index (Phi) is 3.88. The maximum Gasteiger partial charge on any atom is 0.149 e. The Morgan fingerprint density at radius 3 is 1.81 bits per heavy atom. The molecule has 0 atom stereocenters.